The molecule has 2 aromatic heterocycles. The second-order valence-electron chi connectivity index (χ2n) is 9.42. The van der Waals surface area contributed by atoms with Crippen molar-refractivity contribution in [3.8, 4) is 5.75 Å². The Balaban J connectivity index is 1.59. The van der Waals surface area contributed by atoms with Crippen LogP contribution in [0.4, 0.5) is 0 Å². The third-order valence-electron chi connectivity index (χ3n) is 6.80. The van der Waals surface area contributed by atoms with Crippen molar-refractivity contribution >= 4 is 27.8 Å². The molecule has 1 amide bonds. The summed E-state index contributed by atoms with van der Waals surface area (Å²) in [7, 11) is 1.63. The molecule has 0 aliphatic carbocycles. The summed E-state index contributed by atoms with van der Waals surface area (Å²) >= 11 is 0. The number of methoxy groups -OCH3 is 1. The Bertz CT molecular complexity index is 1420. The van der Waals surface area contributed by atoms with Crippen molar-refractivity contribution in [1.82, 2.24) is 19.0 Å². The lowest BCUT2D eigenvalue weighted by Gasteiger charge is -2.31. The predicted molar refractivity (Wildman–Crippen MR) is 133 cm³/mol. The van der Waals surface area contributed by atoms with Crippen molar-refractivity contribution in [2.45, 2.75) is 39.8 Å². The summed E-state index contributed by atoms with van der Waals surface area (Å²) in [4.78, 5) is 33.6. The van der Waals surface area contributed by atoms with Gasteiger partial charge < -0.3 is 14.2 Å². The Morgan fingerprint density at radius 1 is 1.18 bits per heavy atom. The van der Waals surface area contributed by atoms with Crippen LogP contribution in [0.2, 0.25) is 0 Å². The molecule has 1 aliphatic heterocycles. The van der Waals surface area contributed by atoms with Gasteiger partial charge in [-0.25, -0.2) is 4.98 Å². The van der Waals surface area contributed by atoms with E-state index in [1.54, 1.807) is 18.0 Å². The zero-order valence-electron chi connectivity index (χ0n) is 20.0. The van der Waals surface area contributed by atoms with Crippen LogP contribution in [0.1, 0.15) is 30.9 Å². The normalized spacial score (nSPS) is 16.3. The fraction of sp³-hybridized carbons (Fsp3) is 0.370. The molecule has 0 bridgehead atoms. The third kappa shape index (κ3) is 4.06. The number of carbonyl (C=O) groups excluding carboxylic acids is 1. The number of piperidine rings is 1. The summed E-state index contributed by atoms with van der Waals surface area (Å²) in [5, 5.41) is 0.906. The fourth-order valence-corrected chi connectivity index (χ4v) is 4.97. The molecule has 1 aliphatic rings. The van der Waals surface area contributed by atoms with Gasteiger partial charge in [0.1, 0.15) is 23.3 Å². The fourth-order valence-electron chi connectivity index (χ4n) is 4.97. The molecule has 0 spiro atoms. The maximum atomic E-state index is 13.7. The van der Waals surface area contributed by atoms with E-state index in [9.17, 15) is 9.59 Å². The van der Waals surface area contributed by atoms with Crippen molar-refractivity contribution < 1.29 is 9.53 Å². The monoisotopic (exact) mass is 458 g/mol. The lowest BCUT2D eigenvalue weighted by atomic mass is 10.0. The first-order valence-electron chi connectivity index (χ1n) is 11.8. The Hall–Kier alpha value is -3.61. The zero-order valence-corrected chi connectivity index (χ0v) is 20.0. The first-order chi connectivity index (χ1) is 16.4. The van der Waals surface area contributed by atoms with Gasteiger partial charge in [0.2, 0.25) is 5.91 Å². The van der Waals surface area contributed by atoms with Crippen LogP contribution in [-0.4, -0.2) is 45.1 Å². The van der Waals surface area contributed by atoms with E-state index in [0.29, 0.717) is 23.5 Å². The van der Waals surface area contributed by atoms with Crippen LogP contribution in [0.5, 0.6) is 5.75 Å². The van der Waals surface area contributed by atoms with Gasteiger partial charge in [0, 0.05) is 18.5 Å². The lowest BCUT2D eigenvalue weighted by Crippen LogP contribution is -2.41. The van der Waals surface area contributed by atoms with E-state index in [0.717, 1.165) is 53.7 Å². The maximum absolute atomic E-state index is 13.7. The average molecular weight is 459 g/mol. The minimum Gasteiger partial charge on any atom is -0.497 e. The van der Waals surface area contributed by atoms with E-state index >= 15 is 0 Å². The van der Waals surface area contributed by atoms with Crippen LogP contribution in [0.15, 0.2) is 53.6 Å². The molecule has 7 heteroatoms. The van der Waals surface area contributed by atoms with Crippen molar-refractivity contribution in [3.05, 3.63) is 70.3 Å². The topological polar surface area (TPSA) is 69.4 Å². The van der Waals surface area contributed by atoms with Gasteiger partial charge in [0.15, 0.2) is 0 Å². The van der Waals surface area contributed by atoms with Gasteiger partial charge >= 0.3 is 0 Å². The number of ether oxygens (including phenoxy) is 1. The Morgan fingerprint density at radius 3 is 2.71 bits per heavy atom. The molecule has 34 heavy (non-hydrogen) atoms. The quantitative estimate of drug-likeness (QED) is 0.454. The first kappa shape index (κ1) is 22.2. The number of aromatic nitrogens is 3. The molecule has 176 valence electrons. The van der Waals surface area contributed by atoms with Gasteiger partial charge in [0.25, 0.3) is 5.56 Å². The number of hydrogen-bond acceptors (Lipinski definition) is 4. The van der Waals surface area contributed by atoms with Crippen LogP contribution >= 0.6 is 0 Å². The number of likely N-dealkylation sites (tertiary alicyclic amines) is 1. The molecule has 2 aromatic carbocycles. The smallest absolute Gasteiger partial charge is 0.278 e. The van der Waals surface area contributed by atoms with E-state index < -0.39 is 0 Å². The van der Waals surface area contributed by atoms with E-state index in [4.69, 9.17) is 4.74 Å². The second kappa shape index (κ2) is 8.97. The summed E-state index contributed by atoms with van der Waals surface area (Å²) in [5.74, 6) is 1.32. The van der Waals surface area contributed by atoms with E-state index in [1.165, 1.54) is 0 Å². The number of aryl methyl sites for hydroxylation is 1. The predicted octanol–water partition coefficient (Wildman–Crippen LogP) is 3.98. The molecule has 1 fully saturated rings. The van der Waals surface area contributed by atoms with Gasteiger partial charge in [-0.05, 0) is 55.5 Å². The van der Waals surface area contributed by atoms with E-state index in [-0.39, 0.29) is 18.0 Å². The van der Waals surface area contributed by atoms with Gasteiger partial charge in [-0.15, -0.1) is 0 Å². The van der Waals surface area contributed by atoms with Crippen LogP contribution in [0.3, 0.4) is 0 Å². The summed E-state index contributed by atoms with van der Waals surface area (Å²) < 4.78 is 8.71. The largest absolute Gasteiger partial charge is 0.497 e. The van der Waals surface area contributed by atoms with Crippen LogP contribution < -0.4 is 10.3 Å². The lowest BCUT2D eigenvalue weighted by molar-refractivity contribution is -0.133. The summed E-state index contributed by atoms with van der Waals surface area (Å²) in [6.07, 6.45) is 3.78. The van der Waals surface area contributed by atoms with Crippen LogP contribution in [-0.2, 0) is 17.9 Å². The number of fused-ring (bicyclic) bond motifs is 3. The van der Waals surface area contributed by atoms with Crippen molar-refractivity contribution in [3.63, 3.8) is 0 Å². The molecule has 4 aromatic rings. The van der Waals surface area contributed by atoms with Gasteiger partial charge in [0.05, 0.1) is 25.5 Å². The minimum atomic E-state index is -0.144. The van der Waals surface area contributed by atoms with E-state index in [2.05, 4.69) is 11.9 Å². The highest BCUT2D eigenvalue weighted by Gasteiger charge is 2.24. The molecule has 1 atom stereocenters. The average Bonchev–Trinajstić information content (AvgIpc) is 3.14. The zero-order chi connectivity index (χ0) is 23.8. The number of nitrogens with zero attached hydrogens (tertiary/aromatic N) is 4. The number of benzene rings is 2. The highest BCUT2D eigenvalue weighted by Crippen LogP contribution is 2.27. The first-order valence-corrected chi connectivity index (χ1v) is 11.8. The third-order valence-corrected chi connectivity index (χ3v) is 6.80. The Kier molecular flexibility index (Phi) is 5.86. The Labute approximate surface area is 198 Å². The van der Waals surface area contributed by atoms with Crippen molar-refractivity contribution in [1.29, 1.82) is 0 Å². The SMILES string of the molecule is COc1ccc(Cn2cnc3c4cc(C)ccc4n(CC(=O)N4CCCC(C)C4)c3c2=O)cc1. The number of hydrogen-bond donors (Lipinski definition) is 0. The van der Waals surface area contributed by atoms with Crippen LogP contribution in [0.25, 0.3) is 21.9 Å². The summed E-state index contributed by atoms with van der Waals surface area (Å²) in [5.41, 5.74) is 3.91. The molecule has 0 radical (unpaired) electrons. The molecular weight excluding hydrogens is 428 g/mol. The van der Waals surface area contributed by atoms with Gasteiger partial charge in [-0.3, -0.25) is 14.2 Å². The standard InChI is InChI=1S/C27H30N4O3/c1-18-6-11-23-22(13-18)25-26(31(23)16-24(32)29-12-4-5-19(2)14-29)27(33)30(17-28-25)15-20-7-9-21(34-3)10-8-20/h6-11,13,17,19H,4-5,12,14-16H2,1-3H3. The number of amides is 1. The Morgan fingerprint density at radius 2 is 1.97 bits per heavy atom. The highest BCUT2D eigenvalue weighted by molar-refractivity contribution is 6.06. The number of rotatable bonds is 5. The molecule has 1 unspecified atom stereocenters. The van der Waals surface area contributed by atoms with Crippen molar-refractivity contribution in [2.24, 2.45) is 5.92 Å². The van der Waals surface area contributed by atoms with Crippen LogP contribution in [0, 0.1) is 12.8 Å². The van der Waals surface area contributed by atoms with Gasteiger partial charge in [-0.2, -0.15) is 0 Å². The minimum absolute atomic E-state index is 0.0517. The molecule has 5 rings (SSSR count). The highest BCUT2D eigenvalue weighted by atomic mass is 16.5. The molecule has 0 N–H and O–H groups in total. The summed E-state index contributed by atoms with van der Waals surface area (Å²) in [6.45, 7) is 6.29. The number of carbonyl (C=O) groups is 1. The summed E-state index contributed by atoms with van der Waals surface area (Å²) in [6, 6.07) is 13.7. The van der Waals surface area contributed by atoms with Crippen molar-refractivity contribution in [2.75, 3.05) is 20.2 Å². The molecule has 3 heterocycles. The molecule has 1 saturated heterocycles. The van der Waals surface area contributed by atoms with Gasteiger partial charge in [-0.1, -0.05) is 30.7 Å². The molecular formula is C27H30N4O3. The second-order valence-corrected chi connectivity index (χ2v) is 9.42. The van der Waals surface area contributed by atoms with E-state index in [1.807, 2.05) is 58.9 Å². The molecule has 0 saturated carbocycles. The molecule has 7 nitrogen and oxygen atoms in total. The maximum Gasteiger partial charge on any atom is 0.278 e.